The maximum atomic E-state index is 7.40. The summed E-state index contributed by atoms with van der Waals surface area (Å²) in [5, 5.41) is 8.50. The normalized spacial score (nSPS) is 10.7. The summed E-state index contributed by atoms with van der Waals surface area (Å²) in [4.78, 5) is 6.56. The lowest BCUT2D eigenvalue weighted by Crippen LogP contribution is -2.31. The first-order valence-electron chi connectivity index (χ1n) is 6.63. The zero-order valence-electron chi connectivity index (χ0n) is 11.7. The highest BCUT2D eigenvalue weighted by atomic mass is 16.5. The van der Waals surface area contributed by atoms with Crippen LogP contribution >= 0.6 is 0 Å². The van der Waals surface area contributed by atoms with Crippen molar-refractivity contribution in [3.05, 3.63) is 36.5 Å². The molecule has 0 aliphatic rings. The van der Waals surface area contributed by atoms with Crippen LogP contribution in [0.3, 0.4) is 0 Å². The highest BCUT2D eigenvalue weighted by Crippen LogP contribution is 2.25. The van der Waals surface area contributed by atoms with Crippen molar-refractivity contribution in [3.8, 4) is 0 Å². The van der Waals surface area contributed by atoms with E-state index >= 15 is 0 Å². The van der Waals surface area contributed by atoms with E-state index < -0.39 is 0 Å². The van der Waals surface area contributed by atoms with Crippen LogP contribution in [0.2, 0.25) is 0 Å². The van der Waals surface area contributed by atoms with E-state index in [9.17, 15) is 0 Å². The Labute approximate surface area is 118 Å². The Morgan fingerprint density at radius 2 is 2.10 bits per heavy atom. The molecule has 0 bridgehead atoms. The summed E-state index contributed by atoms with van der Waals surface area (Å²) in [6.07, 6.45) is 2.35. The first kappa shape index (κ1) is 14.3. The quantitative estimate of drug-likeness (QED) is 0.597. The number of pyridine rings is 1. The van der Waals surface area contributed by atoms with E-state index in [2.05, 4.69) is 16.0 Å². The number of para-hydroxylation sites is 1. The highest BCUT2D eigenvalue weighted by Gasteiger charge is 2.10. The minimum atomic E-state index is 0.200. The molecule has 0 fully saturated rings. The van der Waals surface area contributed by atoms with Gasteiger partial charge in [0.15, 0.2) is 0 Å². The number of fused-ring (bicyclic) bond motifs is 1. The van der Waals surface area contributed by atoms with E-state index in [0.29, 0.717) is 19.6 Å². The van der Waals surface area contributed by atoms with Gasteiger partial charge in [0.2, 0.25) is 0 Å². The molecule has 0 radical (unpaired) electrons. The number of amidine groups is 1. The summed E-state index contributed by atoms with van der Waals surface area (Å²) < 4.78 is 5.17. The molecule has 2 rings (SSSR count). The zero-order valence-corrected chi connectivity index (χ0v) is 11.7. The maximum absolute atomic E-state index is 7.40. The molecule has 0 aliphatic carbocycles. The van der Waals surface area contributed by atoms with Crippen molar-refractivity contribution < 1.29 is 4.74 Å². The molecule has 3 N–H and O–H groups in total. The average Bonchev–Trinajstić information content (AvgIpc) is 2.47. The second-order valence-corrected chi connectivity index (χ2v) is 4.60. The number of rotatable bonds is 7. The van der Waals surface area contributed by atoms with Crippen LogP contribution in [-0.4, -0.2) is 37.6 Å². The molecule has 2 aromatic rings. The van der Waals surface area contributed by atoms with Crippen molar-refractivity contribution >= 4 is 22.4 Å². The number of nitrogens with one attached hydrogen (secondary N) is 1. The number of aromatic nitrogens is 1. The third-order valence-corrected chi connectivity index (χ3v) is 3.18. The van der Waals surface area contributed by atoms with Crippen LogP contribution in [0.4, 0.5) is 5.69 Å². The van der Waals surface area contributed by atoms with Crippen LogP contribution in [0.25, 0.3) is 10.9 Å². The van der Waals surface area contributed by atoms with Crippen molar-refractivity contribution in [2.24, 2.45) is 5.73 Å². The van der Waals surface area contributed by atoms with Gasteiger partial charge in [-0.15, -0.1) is 0 Å². The molecule has 0 amide bonds. The van der Waals surface area contributed by atoms with Gasteiger partial charge in [0.1, 0.15) is 0 Å². The fraction of sp³-hybridized carbons (Fsp3) is 0.333. The lowest BCUT2D eigenvalue weighted by Gasteiger charge is -2.25. The maximum Gasteiger partial charge on any atom is 0.0923 e. The van der Waals surface area contributed by atoms with E-state index in [-0.39, 0.29) is 5.84 Å². The number of benzene rings is 1. The molecular weight excluding hydrogens is 252 g/mol. The predicted octanol–water partition coefficient (Wildman–Crippen LogP) is 2.01. The summed E-state index contributed by atoms with van der Waals surface area (Å²) in [7, 11) is 1.69. The van der Waals surface area contributed by atoms with Crippen LogP contribution in [0.5, 0.6) is 0 Å². The minimum Gasteiger partial charge on any atom is -0.388 e. The molecule has 1 aromatic heterocycles. The van der Waals surface area contributed by atoms with Gasteiger partial charge in [-0.2, -0.15) is 0 Å². The van der Waals surface area contributed by atoms with Gasteiger partial charge < -0.3 is 15.4 Å². The SMILES string of the molecule is COCCN(CCC(=N)N)c1ccnc2ccccc12. The van der Waals surface area contributed by atoms with Gasteiger partial charge >= 0.3 is 0 Å². The van der Waals surface area contributed by atoms with Crippen LogP contribution in [-0.2, 0) is 4.74 Å². The second-order valence-electron chi connectivity index (χ2n) is 4.60. The third kappa shape index (κ3) is 3.45. The van der Waals surface area contributed by atoms with Crippen LogP contribution < -0.4 is 10.6 Å². The van der Waals surface area contributed by atoms with E-state index in [1.165, 1.54) is 0 Å². The van der Waals surface area contributed by atoms with E-state index in [1.807, 2.05) is 30.5 Å². The van der Waals surface area contributed by atoms with Crippen molar-refractivity contribution in [2.45, 2.75) is 6.42 Å². The molecule has 106 valence electrons. The number of methoxy groups -OCH3 is 1. The van der Waals surface area contributed by atoms with Gasteiger partial charge in [-0.05, 0) is 12.1 Å². The Bertz CT molecular complexity index is 580. The summed E-state index contributed by atoms with van der Waals surface area (Å²) >= 11 is 0. The van der Waals surface area contributed by atoms with E-state index in [4.69, 9.17) is 15.9 Å². The van der Waals surface area contributed by atoms with E-state index in [1.54, 1.807) is 7.11 Å². The smallest absolute Gasteiger partial charge is 0.0923 e. The summed E-state index contributed by atoms with van der Waals surface area (Å²) in [5.41, 5.74) is 7.55. The highest BCUT2D eigenvalue weighted by molar-refractivity contribution is 5.91. The molecule has 1 heterocycles. The molecule has 1 aromatic carbocycles. The lowest BCUT2D eigenvalue weighted by molar-refractivity contribution is 0.205. The Morgan fingerprint density at radius 3 is 2.85 bits per heavy atom. The minimum absolute atomic E-state index is 0.200. The number of ether oxygens (including phenoxy) is 1. The second kappa shape index (κ2) is 6.86. The molecule has 0 saturated heterocycles. The summed E-state index contributed by atoms with van der Waals surface area (Å²) in [6, 6.07) is 10.0. The third-order valence-electron chi connectivity index (χ3n) is 3.18. The van der Waals surface area contributed by atoms with Crippen molar-refractivity contribution in [1.82, 2.24) is 4.98 Å². The molecule has 0 unspecified atom stereocenters. The van der Waals surface area contributed by atoms with Gasteiger partial charge in [0.05, 0.1) is 18.0 Å². The molecule has 0 aliphatic heterocycles. The largest absolute Gasteiger partial charge is 0.388 e. The molecular formula is C15H20N4O. The van der Waals surface area contributed by atoms with Gasteiger partial charge in [0.25, 0.3) is 0 Å². The van der Waals surface area contributed by atoms with Gasteiger partial charge in [-0.25, -0.2) is 0 Å². The van der Waals surface area contributed by atoms with Crippen LogP contribution in [0, 0.1) is 5.41 Å². The standard InChI is InChI=1S/C15H20N4O/c1-20-11-10-19(9-7-15(16)17)14-6-8-18-13-5-3-2-4-12(13)14/h2-6,8H,7,9-11H2,1H3,(H3,16,17). The first-order chi connectivity index (χ1) is 9.72. The van der Waals surface area contributed by atoms with Gasteiger partial charge in [-0.1, -0.05) is 18.2 Å². The number of hydrogen-bond donors (Lipinski definition) is 2. The molecule has 5 heteroatoms. The summed E-state index contributed by atoms with van der Waals surface area (Å²) in [5.74, 6) is 0.200. The number of nitrogens with zero attached hydrogens (tertiary/aromatic N) is 2. The zero-order chi connectivity index (χ0) is 14.4. The van der Waals surface area contributed by atoms with Gasteiger partial charge in [-0.3, -0.25) is 10.4 Å². The average molecular weight is 272 g/mol. The monoisotopic (exact) mass is 272 g/mol. The van der Waals surface area contributed by atoms with Crippen molar-refractivity contribution in [2.75, 3.05) is 31.7 Å². The molecule has 20 heavy (non-hydrogen) atoms. The van der Waals surface area contributed by atoms with Crippen LogP contribution in [0.1, 0.15) is 6.42 Å². The topological polar surface area (TPSA) is 75.2 Å². The Balaban J connectivity index is 2.31. The first-order valence-corrected chi connectivity index (χ1v) is 6.63. The van der Waals surface area contributed by atoms with Crippen LogP contribution in [0.15, 0.2) is 36.5 Å². The number of hydrogen-bond acceptors (Lipinski definition) is 4. The Hall–Kier alpha value is -2.14. The van der Waals surface area contributed by atoms with Crippen molar-refractivity contribution in [3.63, 3.8) is 0 Å². The Kier molecular flexibility index (Phi) is 4.90. The number of nitrogens with two attached hydrogens (primary N) is 1. The lowest BCUT2D eigenvalue weighted by atomic mass is 10.1. The molecule has 0 atom stereocenters. The fourth-order valence-electron chi connectivity index (χ4n) is 2.17. The fourth-order valence-corrected chi connectivity index (χ4v) is 2.17. The molecule has 0 spiro atoms. The molecule has 5 nitrogen and oxygen atoms in total. The predicted molar refractivity (Wildman–Crippen MR) is 82.4 cm³/mol. The molecule has 0 saturated carbocycles. The number of anilines is 1. The van der Waals surface area contributed by atoms with Gasteiger partial charge in [0, 0.05) is 43.9 Å². The summed E-state index contributed by atoms with van der Waals surface area (Å²) in [6.45, 7) is 2.10. The van der Waals surface area contributed by atoms with Crippen molar-refractivity contribution in [1.29, 1.82) is 5.41 Å². The Morgan fingerprint density at radius 1 is 1.30 bits per heavy atom. The van der Waals surface area contributed by atoms with E-state index in [0.717, 1.165) is 23.1 Å².